The molecule has 2 amide bonds. The predicted molar refractivity (Wildman–Crippen MR) is 74.3 cm³/mol. The van der Waals surface area contributed by atoms with Crippen LogP contribution in [0.1, 0.15) is 30.3 Å². The molecule has 2 heterocycles. The van der Waals surface area contributed by atoms with E-state index < -0.39 is 11.7 Å². The Morgan fingerprint density at radius 3 is 2.81 bits per heavy atom. The van der Waals surface area contributed by atoms with Crippen LogP contribution in [0.3, 0.4) is 0 Å². The van der Waals surface area contributed by atoms with Crippen LogP contribution in [-0.4, -0.2) is 40.1 Å². The Bertz CT molecular complexity index is 645. The van der Waals surface area contributed by atoms with Crippen LogP contribution in [0.15, 0.2) is 17.5 Å². The van der Waals surface area contributed by atoms with Crippen molar-refractivity contribution in [3.05, 3.63) is 23.2 Å². The third-order valence-corrected chi connectivity index (χ3v) is 3.97. The van der Waals surface area contributed by atoms with E-state index in [0.717, 1.165) is 12.8 Å². The summed E-state index contributed by atoms with van der Waals surface area (Å²) in [6.07, 6.45) is 1.87. The fourth-order valence-corrected chi connectivity index (χ4v) is 2.41. The summed E-state index contributed by atoms with van der Waals surface area (Å²) < 4.78 is 15.5. The first-order valence-electron chi connectivity index (χ1n) is 6.98. The number of aromatic nitrogens is 2. The lowest BCUT2D eigenvalue weighted by Crippen LogP contribution is -2.37. The van der Waals surface area contributed by atoms with E-state index in [9.17, 15) is 14.0 Å². The number of nitrogens with zero attached hydrogens (tertiary/aromatic N) is 3. The summed E-state index contributed by atoms with van der Waals surface area (Å²) in [5, 5.41) is 6.55. The lowest BCUT2D eigenvalue weighted by molar-refractivity contribution is -0.114. The first kappa shape index (κ1) is 13.8. The van der Waals surface area contributed by atoms with Crippen molar-refractivity contribution in [2.24, 2.45) is 5.92 Å². The number of halogens is 1. The molecule has 1 N–H and O–H groups in total. The number of likely N-dealkylation sites (N-methyl/N-ethyl adjacent to an activating group) is 1. The van der Waals surface area contributed by atoms with Crippen molar-refractivity contribution in [2.75, 3.05) is 18.9 Å². The molecule has 112 valence electrons. The lowest BCUT2D eigenvalue weighted by atomic mass is 10.1. The SMILES string of the molecule is CC(=C(F)C(=O)Nc1cc2n(n1)CCN(C)C2=O)C1CC1. The highest BCUT2D eigenvalue weighted by molar-refractivity contribution is 6.03. The molecular formula is C14H17FN4O2. The molecule has 1 saturated carbocycles. The number of hydrogen-bond donors (Lipinski definition) is 1. The van der Waals surface area contributed by atoms with Crippen molar-refractivity contribution in [2.45, 2.75) is 26.3 Å². The maximum Gasteiger partial charge on any atom is 0.285 e. The molecule has 0 radical (unpaired) electrons. The first-order valence-corrected chi connectivity index (χ1v) is 6.98. The molecule has 2 aliphatic rings. The van der Waals surface area contributed by atoms with Gasteiger partial charge in [-0.3, -0.25) is 14.3 Å². The second kappa shape index (κ2) is 4.98. The van der Waals surface area contributed by atoms with E-state index in [1.54, 1.807) is 18.9 Å². The van der Waals surface area contributed by atoms with Crippen molar-refractivity contribution in [1.29, 1.82) is 0 Å². The van der Waals surface area contributed by atoms with E-state index in [1.165, 1.54) is 10.7 Å². The minimum Gasteiger partial charge on any atom is -0.339 e. The Morgan fingerprint density at radius 1 is 1.43 bits per heavy atom. The summed E-state index contributed by atoms with van der Waals surface area (Å²) in [4.78, 5) is 25.4. The van der Waals surface area contributed by atoms with E-state index in [1.807, 2.05) is 0 Å². The summed E-state index contributed by atoms with van der Waals surface area (Å²) in [7, 11) is 1.71. The second-order valence-corrected chi connectivity index (χ2v) is 5.59. The average molecular weight is 292 g/mol. The molecule has 1 aromatic heterocycles. The van der Waals surface area contributed by atoms with Gasteiger partial charge in [0.25, 0.3) is 11.8 Å². The smallest absolute Gasteiger partial charge is 0.285 e. The van der Waals surface area contributed by atoms with Crippen molar-refractivity contribution < 1.29 is 14.0 Å². The summed E-state index contributed by atoms with van der Waals surface area (Å²) >= 11 is 0. The fourth-order valence-electron chi connectivity index (χ4n) is 2.41. The lowest BCUT2D eigenvalue weighted by Gasteiger charge is -2.22. The normalized spacial score (nSPS) is 19.2. The predicted octanol–water partition coefficient (Wildman–Crippen LogP) is 1.56. The van der Waals surface area contributed by atoms with Gasteiger partial charge in [0.2, 0.25) is 0 Å². The standard InChI is InChI=1S/C14H17FN4O2/c1-8(9-3-4-9)12(15)13(20)16-11-7-10-14(21)18(2)5-6-19(10)17-11/h7,9H,3-6H2,1-2H3,(H,16,17,20). The number of carbonyl (C=O) groups excluding carboxylic acids is 2. The third kappa shape index (κ3) is 2.55. The van der Waals surface area contributed by atoms with Crippen LogP contribution in [-0.2, 0) is 11.3 Å². The average Bonchev–Trinajstić information content (AvgIpc) is 3.23. The summed E-state index contributed by atoms with van der Waals surface area (Å²) in [6, 6.07) is 1.48. The zero-order valence-electron chi connectivity index (χ0n) is 12.0. The van der Waals surface area contributed by atoms with Crippen molar-refractivity contribution in [1.82, 2.24) is 14.7 Å². The molecule has 0 bridgehead atoms. The van der Waals surface area contributed by atoms with Gasteiger partial charge in [0.1, 0.15) is 5.69 Å². The number of hydrogen-bond acceptors (Lipinski definition) is 3. The van der Waals surface area contributed by atoms with Gasteiger partial charge >= 0.3 is 0 Å². The Balaban J connectivity index is 1.77. The fraction of sp³-hybridized carbons (Fsp3) is 0.500. The zero-order chi connectivity index (χ0) is 15.1. The Kier molecular flexibility index (Phi) is 3.27. The minimum absolute atomic E-state index is 0.153. The summed E-state index contributed by atoms with van der Waals surface area (Å²) in [6.45, 7) is 2.77. The van der Waals surface area contributed by atoms with E-state index in [2.05, 4.69) is 10.4 Å². The Hall–Kier alpha value is -2.18. The van der Waals surface area contributed by atoms with E-state index in [0.29, 0.717) is 24.4 Å². The molecule has 0 unspecified atom stereocenters. The quantitative estimate of drug-likeness (QED) is 0.860. The van der Waals surface area contributed by atoms with E-state index >= 15 is 0 Å². The number of allylic oxidation sites excluding steroid dienone is 1. The number of carbonyl (C=O) groups is 2. The van der Waals surface area contributed by atoms with Gasteiger partial charge in [-0.1, -0.05) is 0 Å². The maximum atomic E-state index is 13.9. The van der Waals surface area contributed by atoms with Gasteiger partial charge in [0, 0.05) is 19.7 Å². The highest BCUT2D eigenvalue weighted by Gasteiger charge is 2.29. The number of anilines is 1. The molecular weight excluding hydrogens is 275 g/mol. The van der Waals surface area contributed by atoms with Crippen LogP contribution in [0.2, 0.25) is 0 Å². The van der Waals surface area contributed by atoms with Crippen LogP contribution >= 0.6 is 0 Å². The maximum absolute atomic E-state index is 13.9. The second-order valence-electron chi connectivity index (χ2n) is 5.59. The molecule has 3 rings (SSSR count). The topological polar surface area (TPSA) is 67.2 Å². The monoisotopic (exact) mass is 292 g/mol. The van der Waals surface area contributed by atoms with Gasteiger partial charge in [0.15, 0.2) is 11.6 Å². The van der Waals surface area contributed by atoms with Gasteiger partial charge < -0.3 is 10.2 Å². The highest BCUT2D eigenvalue weighted by Crippen LogP contribution is 2.38. The van der Waals surface area contributed by atoms with E-state index in [4.69, 9.17) is 0 Å². The largest absolute Gasteiger partial charge is 0.339 e. The molecule has 21 heavy (non-hydrogen) atoms. The molecule has 0 atom stereocenters. The van der Waals surface area contributed by atoms with Crippen LogP contribution in [0.4, 0.5) is 10.2 Å². The molecule has 6 nitrogen and oxygen atoms in total. The van der Waals surface area contributed by atoms with Gasteiger partial charge in [-0.2, -0.15) is 5.10 Å². The van der Waals surface area contributed by atoms with Crippen molar-refractivity contribution in [3.8, 4) is 0 Å². The van der Waals surface area contributed by atoms with Crippen LogP contribution in [0.25, 0.3) is 0 Å². The van der Waals surface area contributed by atoms with Crippen molar-refractivity contribution >= 4 is 17.6 Å². The third-order valence-electron chi connectivity index (χ3n) is 3.97. The minimum atomic E-state index is -0.796. The van der Waals surface area contributed by atoms with Crippen molar-refractivity contribution in [3.63, 3.8) is 0 Å². The zero-order valence-corrected chi connectivity index (χ0v) is 12.0. The molecule has 1 aliphatic heterocycles. The van der Waals surface area contributed by atoms with Gasteiger partial charge in [0.05, 0.1) is 6.54 Å². The number of nitrogens with one attached hydrogen (secondary N) is 1. The molecule has 0 aromatic carbocycles. The molecule has 0 spiro atoms. The highest BCUT2D eigenvalue weighted by atomic mass is 19.1. The Morgan fingerprint density at radius 2 is 2.14 bits per heavy atom. The van der Waals surface area contributed by atoms with Crippen LogP contribution in [0.5, 0.6) is 0 Å². The summed E-state index contributed by atoms with van der Waals surface area (Å²) in [5.41, 5.74) is 0.898. The van der Waals surface area contributed by atoms with Gasteiger partial charge in [-0.25, -0.2) is 4.39 Å². The molecule has 1 fully saturated rings. The number of amides is 2. The van der Waals surface area contributed by atoms with Gasteiger partial charge in [-0.15, -0.1) is 0 Å². The number of fused-ring (bicyclic) bond motifs is 1. The van der Waals surface area contributed by atoms with Crippen LogP contribution < -0.4 is 5.32 Å². The van der Waals surface area contributed by atoms with Gasteiger partial charge in [-0.05, 0) is 31.3 Å². The molecule has 1 aliphatic carbocycles. The Labute approximate surface area is 121 Å². The molecule has 1 aromatic rings. The molecule has 7 heteroatoms. The molecule has 0 saturated heterocycles. The first-order chi connectivity index (χ1) is 9.97. The van der Waals surface area contributed by atoms with E-state index in [-0.39, 0.29) is 17.6 Å². The summed E-state index contributed by atoms with van der Waals surface area (Å²) in [5.74, 6) is -1.29. The van der Waals surface area contributed by atoms with Crippen LogP contribution in [0, 0.1) is 5.92 Å². The number of rotatable bonds is 3.